The van der Waals surface area contributed by atoms with Gasteiger partial charge in [-0.15, -0.1) is 0 Å². The monoisotopic (exact) mass is 419 g/mol. The lowest BCUT2D eigenvalue weighted by Gasteiger charge is -2.23. The van der Waals surface area contributed by atoms with Crippen molar-refractivity contribution < 1.29 is 38.4 Å². The van der Waals surface area contributed by atoms with Crippen molar-refractivity contribution >= 4 is 11.9 Å². The SMILES string of the molecule is COC(=O)C(NC(=O)c1cc(OC)c(OC)c(OC)c1)C(O)c1ccc(OC)cc1. The van der Waals surface area contributed by atoms with Gasteiger partial charge in [0, 0.05) is 5.56 Å². The third-order valence-electron chi connectivity index (χ3n) is 4.44. The van der Waals surface area contributed by atoms with Crippen molar-refractivity contribution in [3.8, 4) is 23.0 Å². The quantitative estimate of drug-likeness (QED) is 0.591. The zero-order chi connectivity index (χ0) is 22.3. The number of rotatable bonds is 9. The maximum absolute atomic E-state index is 12.8. The van der Waals surface area contributed by atoms with Crippen LogP contribution in [0.3, 0.4) is 0 Å². The van der Waals surface area contributed by atoms with Crippen molar-refractivity contribution in [2.24, 2.45) is 0 Å². The van der Waals surface area contributed by atoms with Gasteiger partial charge in [-0.1, -0.05) is 12.1 Å². The van der Waals surface area contributed by atoms with Crippen LogP contribution in [0.5, 0.6) is 23.0 Å². The standard InChI is InChI=1S/C21H25NO8/c1-26-14-8-6-12(7-9-14)18(23)17(21(25)30-5)22-20(24)13-10-15(27-2)19(29-4)16(11-13)28-3/h6-11,17-18,23H,1-5H3,(H,22,24). The molecule has 2 atom stereocenters. The van der Waals surface area contributed by atoms with Gasteiger partial charge in [-0.2, -0.15) is 0 Å². The van der Waals surface area contributed by atoms with Crippen LogP contribution in [0, 0.1) is 0 Å². The highest BCUT2D eigenvalue weighted by molar-refractivity contribution is 5.98. The molecule has 0 fully saturated rings. The number of methoxy groups -OCH3 is 5. The first-order valence-electron chi connectivity index (χ1n) is 8.90. The van der Waals surface area contributed by atoms with Gasteiger partial charge in [-0.05, 0) is 29.8 Å². The molecule has 0 radical (unpaired) electrons. The van der Waals surface area contributed by atoms with E-state index in [1.54, 1.807) is 24.3 Å². The molecule has 0 saturated heterocycles. The molecule has 162 valence electrons. The lowest BCUT2D eigenvalue weighted by molar-refractivity contribution is -0.146. The van der Waals surface area contributed by atoms with Crippen molar-refractivity contribution in [3.05, 3.63) is 47.5 Å². The van der Waals surface area contributed by atoms with Crippen LogP contribution < -0.4 is 24.3 Å². The van der Waals surface area contributed by atoms with Gasteiger partial charge in [-0.3, -0.25) is 4.79 Å². The van der Waals surface area contributed by atoms with Crippen LogP contribution in [0.1, 0.15) is 22.0 Å². The Morgan fingerprint density at radius 3 is 1.87 bits per heavy atom. The lowest BCUT2D eigenvalue weighted by atomic mass is 10.0. The van der Waals surface area contributed by atoms with Crippen molar-refractivity contribution in [2.45, 2.75) is 12.1 Å². The zero-order valence-electron chi connectivity index (χ0n) is 17.4. The van der Waals surface area contributed by atoms with E-state index in [1.807, 2.05) is 0 Å². The fraction of sp³-hybridized carbons (Fsp3) is 0.333. The number of hydrogen-bond donors (Lipinski definition) is 2. The molecule has 1 amide bonds. The van der Waals surface area contributed by atoms with Crippen molar-refractivity contribution in [1.29, 1.82) is 0 Å². The van der Waals surface area contributed by atoms with Crippen LogP contribution in [0.15, 0.2) is 36.4 Å². The predicted molar refractivity (Wildman–Crippen MR) is 107 cm³/mol. The second kappa shape index (κ2) is 10.4. The number of esters is 1. The van der Waals surface area contributed by atoms with Crippen molar-refractivity contribution in [2.75, 3.05) is 35.5 Å². The third-order valence-corrected chi connectivity index (χ3v) is 4.44. The van der Waals surface area contributed by atoms with E-state index in [9.17, 15) is 14.7 Å². The molecule has 2 aromatic rings. The minimum atomic E-state index is -1.35. The second-order valence-electron chi connectivity index (χ2n) is 6.11. The molecular weight excluding hydrogens is 394 g/mol. The minimum Gasteiger partial charge on any atom is -0.497 e. The van der Waals surface area contributed by atoms with E-state index in [4.69, 9.17) is 23.7 Å². The number of hydrogen-bond acceptors (Lipinski definition) is 8. The van der Waals surface area contributed by atoms with E-state index in [1.165, 1.54) is 47.7 Å². The second-order valence-corrected chi connectivity index (χ2v) is 6.11. The number of nitrogens with one attached hydrogen (secondary N) is 1. The third kappa shape index (κ3) is 4.93. The number of ether oxygens (including phenoxy) is 5. The van der Waals surface area contributed by atoms with Gasteiger partial charge in [0.15, 0.2) is 17.5 Å². The van der Waals surface area contributed by atoms with E-state index in [0.717, 1.165) is 0 Å². The number of aliphatic hydroxyl groups is 1. The summed E-state index contributed by atoms with van der Waals surface area (Å²) < 4.78 is 25.6. The Labute approximate surface area is 174 Å². The number of amides is 1. The maximum atomic E-state index is 12.8. The van der Waals surface area contributed by atoms with Gasteiger partial charge in [0.2, 0.25) is 5.75 Å². The molecule has 0 heterocycles. The molecule has 9 nitrogen and oxygen atoms in total. The van der Waals surface area contributed by atoms with Crippen molar-refractivity contribution in [3.63, 3.8) is 0 Å². The van der Waals surface area contributed by atoms with E-state index in [0.29, 0.717) is 17.1 Å². The van der Waals surface area contributed by atoms with Gasteiger partial charge in [0.25, 0.3) is 5.91 Å². The summed E-state index contributed by atoms with van der Waals surface area (Å²) >= 11 is 0. The minimum absolute atomic E-state index is 0.139. The normalized spacial score (nSPS) is 12.3. The molecular formula is C21H25NO8. The highest BCUT2D eigenvalue weighted by atomic mass is 16.5. The first-order valence-corrected chi connectivity index (χ1v) is 8.90. The molecule has 2 unspecified atom stereocenters. The number of carbonyl (C=O) groups is 2. The van der Waals surface area contributed by atoms with E-state index < -0.39 is 24.0 Å². The molecule has 2 rings (SSSR count). The predicted octanol–water partition coefficient (Wildman–Crippen LogP) is 1.73. The molecule has 2 N–H and O–H groups in total. The van der Waals surface area contributed by atoms with Gasteiger partial charge in [0.1, 0.15) is 11.9 Å². The van der Waals surface area contributed by atoms with Crippen molar-refractivity contribution in [1.82, 2.24) is 5.32 Å². The fourth-order valence-corrected chi connectivity index (χ4v) is 2.82. The molecule has 0 bridgehead atoms. The van der Waals surface area contributed by atoms with Gasteiger partial charge >= 0.3 is 5.97 Å². The Hall–Kier alpha value is -3.46. The van der Waals surface area contributed by atoms with Crippen LogP contribution >= 0.6 is 0 Å². The Bertz CT molecular complexity index is 856. The summed E-state index contributed by atoms with van der Waals surface area (Å²) in [6.07, 6.45) is -1.35. The Morgan fingerprint density at radius 2 is 1.43 bits per heavy atom. The summed E-state index contributed by atoms with van der Waals surface area (Å²) in [7, 11) is 6.97. The van der Waals surface area contributed by atoms with Gasteiger partial charge in [0.05, 0.1) is 35.5 Å². The molecule has 0 spiro atoms. The molecule has 9 heteroatoms. The molecule has 0 aliphatic heterocycles. The van der Waals surface area contributed by atoms with Gasteiger partial charge < -0.3 is 34.1 Å². The highest BCUT2D eigenvalue weighted by Crippen LogP contribution is 2.38. The Morgan fingerprint density at radius 1 is 0.867 bits per heavy atom. The van der Waals surface area contributed by atoms with Crippen LogP contribution in [-0.4, -0.2) is 58.6 Å². The maximum Gasteiger partial charge on any atom is 0.331 e. The summed E-state index contributed by atoms with van der Waals surface area (Å²) in [5, 5.41) is 13.2. The molecule has 2 aromatic carbocycles. The molecule has 0 aliphatic rings. The summed E-state index contributed by atoms with van der Waals surface area (Å²) in [5.74, 6) is -0.00247. The Kier molecular flexibility index (Phi) is 7.88. The molecule has 0 saturated carbocycles. The van der Waals surface area contributed by atoms with Crippen LogP contribution in [-0.2, 0) is 9.53 Å². The topological polar surface area (TPSA) is 113 Å². The number of carbonyl (C=O) groups excluding carboxylic acids is 2. The average molecular weight is 419 g/mol. The first-order chi connectivity index (χ1) is 14.4. The largest absolute Gasteiger partial charge is 0.497 e. The van der Waals surface area contributed by atoms with E-state index >= 15 is 0 Å². The molecule has 30 heavy (non-hydrogen) atoms. The lowest BCUT2D eigenvalue weighted by Crippen LogP contribution is -2.45. The Balaban J connectivity index is 2.34. The number of aliphatic hydroxyl groups excluding tert-OH is 1. The highest BCUT2D eigenvalue weighted by Gasteiger charge is 2.31. The zero-order valence-corrected chi connectivity index (χ0v) is 17.4. The summed E-state index contributed by atoms with van der Waals surface area (Å²) in [5.41, 5.74) is 0.539. The summed E-state index contributed by atoms with van der Waals surface area (Å²) in [6, 6.07) is 7.96. The average Bonchev–Trinajstić information content (AvgIpc) is 2.80. The van der Waals surface area contributed by atoms with Crippen LogP contribution in [0.25, 0.3) is 0 Å². The van der Waals surface area contributed by atoms with Crippen LogP contribution in [0.4, 0.5) is 0 Å². The fourth-order valence-electron chi connectivity index (χ4n) is 2.82. The van der Waals surface area contributed by atoms with Crippen LogP contribution in [0.2, 0.25) is 0 Å². The van der Waals surface area contributed by atoms with E-state index in [2.05, 4.69) is 5.32 Å². The van der Waals surface area contributed by atoms with E-state index in [-0.39, 0.29) is 17.1 Å². The first kappa shape index (κ1) is 22.8. The summed E-state index contributed by atoms with van der Waals surface area (Å²) in [4.78, 5) is 25.1. The smallest absolute Gasteiger partial charge is 0.331 e. The molecule has 0 aliphatic carbocycles. The van der Waals surface area contributed by atoms with Gasteiger partial charge in [-0.25, -0.2) is 4.79 Å². The number of benzene rings is 2. The molecule has 0 aromatic heterocycles. The summed E-state index contributed by atoms with van der Waals surface area (Å²) in [6.45, 7) is 0.